The Hall–Kier alpha value is -1.77. The molecule has 1 amide bonds. The largest absolute Gasteiger partial charge is 0.465 e. The van der Waals surface area contributed by atoms with Crippen LogP contribution in [0.2, 0.25) is 0 Å². The van der Waals surface area contributed by atoms with Gasteiger partial charge in [0.25, 0.3) is 11.8 Å². The van der Waals surface area contributed by atoms with Gasteiger partial charge in [-0.05, 0) is 12.1 Å². The minimum Gasteiger partial charge on any atom is -0.465 e. The normalized spacial score (nSPS) is 13.2. The summed E-state index contributed by atoms with van der Waals surface area (Å²) in [6.07, 6.45) is -7.37. The number of amides is 1. The zero-order valence-corrected chi connectivity index (χ0v) is 9.32. The molecule has 0 spiro atoms. The number of hydrogen-bond donors (Lipinski definition) is 2. The molecule has 2 N–H and O–H groups in total. The van der Waals surface area contributed by atoms with Crippen LogP contribution < -0.4 is 10.1 Å². The summed E-state index contributed by atoms with van der Waals surface area (Å²) in [5.74, 6) is -0.282. The van der Waals surface area contributed by atoms with Gasteiger partial charge in [0.2, 0.25) is 0 Å². The molecule has 1 heterocycles. The fourth-order valence-corrected chi connectivity index (χ4v) is 0.928. The monoisotopic (exact) mass is 268 g/mol. The summed E-state index contributed by atoms with van der Waals surface area (Å²) in [6, 6.07) is 1.41. The highest BCUT2D eigenvalue weighted by molar-refractivity contribution is 5.77. The molecule has 0 bridgehead atoms. The molecular weight excluding hydrogens is 257 g/mol. The first-order chi connectivity index (χ1) is 8.29. The van der Waals surface area contributed by atoms with E-state index in [9.17, 15) is 18.0 Å². The Bertz CT molecular complexity index is 405. The molecule has 0 aliphatic carbocycles. The number of ether oxygens (including phenoxy) is 1. The van der Waals surface area contributed by atoms with Crippen molar-refractivity contribution in [2.75, 3.05) is 13.2 Å². The molecule has 0 aliphatic rings. The van der Waals surface area contributed by atoms with E-state index in [1.807, 2.05) is 5.32 Å². The summed E-state index contributed by atoms with van der Waals surface area (Å²) in [6.45, 7) is 0.166. The minimum atomic E-state index is -4.77. The van der Waals surface area contributed by atoms with E-state index >= 15 is 0 Å². The van der Waals surface area contributed by atoms with E-state index in [1.165, 1.54) is 6.07 Å². The smallest absolute Gasteiger partial charge is 0.416 e. The molecule has 0 radical (unpaired) electrons. The van der Waals surface area contributed by atoms with Crippen LogP contribution in [0.3, 0.4) is 0 Å². The van der Waals surface area contributed by atoms with Crippen molar-refractivity contribution in [3.05, 3.63) is 11.8 Å². The maximum Gasteiger partial charge on any atom is 0.416 e. The molecule has 0 fully saturated rings. The van der Waals surface area contributed by atoms with Gasteiger partial charge < -0.3 is 19.7 Å². The van der Waals surface area contributed by atoms with Crippen LogP contribution in [0, 0.1) is 6.92 Å². The van der Waals surface area contributed by atoms with Gasteiger partial charge in [-0.2, -0.15) is 13.2 Å². The second-order valence-electron chi connectivity index (χ2n) is 3.43. The number of carbonyl (C=O) groups excluding carboxylic acids is 1. The van der Waals surface area contributed by atoms with Crippen LogP contribution in [-0.4, -0.2) is 41.6 Å². The Morgan fingerprint density at radius 2 is 2.33 bits per heavy atom. The maximum absolute atomic E-state index is 11.9. The maximum atomic E-state index is 11.9. The molecule has 0 saturated carbocycles. The van der Waals surface area contributed by atoms with Gasteiger partial charge in [0.1, 0.15) is 5.76 Å². The average Bonchev–Trinajstić information content (AvgIpc) is 2.67. The number of nitrogens with one attached hydrogen (secondary N) is 1. The number of halogens is 3. The van der Waals surface area contributed by atoms with Crippen LogP contribution in [0.4, 0.5) is 13.2 Å². The van der Waals surface area contributed by atoms with Gasteiger partial charge in [-0.3, -0.25) is 4.79 Å². The number of aryl methyl sites for hydroxylation is 1. The van der Waals surface area contributed by atoms with Gasteiger partial charge in [-0.25, -0.2) is 0 Å². The molecule has 0 saturated heterocycles. The molecule has 102 valence electrons. The Balaban J connectivity index is 2.26. The molecule has 1 aromatic rings. The standard InChI is InChI=1S/C9H11F3N2O4/c1-5-2-8(14-18-5)17-4-7(16)13-3-6(15)9(10,11)12/h2,6,15H,3-4H2,1H3,(H,13,16). The second-order valence-corrected chi connectivity index (χ2v) is 3.43. The molecular formula is C9H11F3N2O4. The van der Waals surface area contributed by atoms with Gasteiger partial charge in [0.05, 0.1) is 6.54 Å². The molecule has 1 unspecified atom stereocenters. The fourth-order valence-electron chi connectivity index (χ4n) is 0.928. The van der Waals surface area contributed by atoms with Crippen molar-refractivity contribution in [2.45, 2.75) is 19.2 Å². The third kappa shape index (κ3) is 4.62. The predicted molar refractivity (Wildman–Crippen MR) is 51.8 cm³/mol. The highest BCUT2D eigenvalue weighted by Crippen LogP contribution is 2.19. The fraction of sp³-hybridized carbons (Fsp3) is 0.556. The summed E-state index contributed by atoms with van der Waals surface area (Å²) < 4.78 is 45.2. The van der Waals surface area contributed by atoms with Crippen molar-refractivity contribution in [1.29, 1.82) is 0 Å². The van der Waals surface area contributed by atoms with E-state index in [1.54, 1.807) is 6.92 Å². The van der Waals surface area contributed by atoms with Crippen LogP contribution in [0.25, 0.3) is 0 Å². The first kappa shape index (κ1) is 14.3. The Labute approximate surface area is 99.7 Å². The molecule has 0 aliphatic heterocycles. The van der Waals surface area contributed by atoms with Crippen molar-refractivity contribution in [1.82, 2.24) is 10.5 Å². The van der Waals surface area contributed by atoms with Gasteiger partial charge in [0, 0.05) is 6.07 Å². The topological polar surface area (TPSA) is 84.6 Å². The van der Waals surface area contributed by atoms with Gasteiger partial charge in [0.15, 0.2) is 12.7 Å². The predicted octanol–water partition coefficient (Wildman–Crippen LogP) is 0.401. The third-order valence-electron chi connectivity index (χ3n) is 1.83. The van der Waals surface area contributed by atoms with Crippen LogP contribution >= 0.6 is 0 Å². The first-order valence-electron chi connectivity index (χ1n) is 4.86. The number of aromatic nitrogens is 1. The van der Waals surface area contributed by atoms with Gasteiger partial charge in [-0.15, -0.1) is 0 Å². The number of nitrogens with zero attached hydrogens (tertiary/aromatic N) is 1. The lowest BCUT2D eigenvalue weighted by atomic mass is 10.3. The summed E-state index contributed by atoms with van der Waals surface area (Å²) in [7, 11) is 0. The molecule has 1 rings (SSSR count). The quantitative estimate of drug-likeness (QED) is 0.807. The number of hydrogen-bond acceptors (Lipinski definition) is 5. The Morgan fingerprint density at radius 1 is 1.67 bits per heavy atom. The lowest BCUT2D eigenvalue weighted by Gasteiger charge is -2.14. The van der Waals surface area contributed by atoms with E-state index < -0.39 is 31.3 Å². The summed E-state index contributed by atoms with van der Waals surface area (Å²) >= 11 is 0. The summed E-state index contributed by atoms with van der Waals surface area (Å²) in [5, 5.41) is 13.9. The van der Waals surface area contributed by atoms with Crippen LogP contribution in [0.1, 0.15) is 5.76 Å². The van der Waals surface area contributed by atoms with Gasteiger partial charge in [-0.1, -0.05) is 0 Å². The van der Waals surface area contributed by atoms with E-state index in [0.717, 1.165) is 0 Å². The number of aliphatic hydroxyl groups is 1. The van der Waals surface area contributed by atoms with Crippen LogP contribution in [0.15, 0.2) is 10.6 Å². The van der Waals surface area contributed by atoms with Crippen molar-refractivity contribution < 1.29 is 32.3 Å². The first-order valence-corrected chi connectivity index (χ1v) is 4.86. The third-order valence-corrected chi connectivity index (χ3v) is 1.83. The van der Waals surface area contributed by atoms with E-state index in [-0.39, 0.29) is 5.88 Å². The highest BCUT2D eigenvalue weighted by atomic mass is 19.4. The molecule has 1 atom stereocenters. The number of alkyl halides is 3. The van der Waals surface area contributed by atoms with E-state index in [4.69, 9.17) is 9.84 Å². The average molecular weight is 268 g/mol. The lowest BCUT2D eigenvalue weighted by Crippen LogP contribution is -2.42. The zero-order valence-electron chi connectivity index (χ0n) is 9.32. The lowest BCUT2D eigenvalue weighted by molar-refractivity contribution is -0.201. The SMILES string of the molecule is Cc1cc(OCC(=O)NCC(O)C(F)(F)F)no1. The number of rotatable bonds is 5. The van der Waals surface area contributed by atoms with E-state index in [0.29, 0.717) is 5.76 Å². The van der Waals surface area contributed by atoms with Crippen LogP contribution in [-0.2, 0) is 4.79 Å². The molecule has 0 aromatic carbocycles. The highest BCUT2D eigenvalue weighted by Gasteiger charge is 2.38. The molecule has 18 heavy (non-hydrogen) atoms. The molecule has 6 nitrogen and oxygen atoms in total. The second kappa shape index (κ2) is 5.71. The van der Waals surface area contributed by atoms with Crippen molar-refractivity contribution in [2.24, 2.45) is 0 Å². The molecule has 9 heteroatoms. The summed E-state index contributed by atoms with van der Waals surface area (Å²) in [4.78, 5) is 11.1. The molecule has 1 aromatic heterocycles. The zero-order chi connectivity index (χ0) is 13.8. The Kier molecular flexibility index (Phi) is 4.54. The van der Waals surface area contributed by atoms with Crippen LogP contribution in [0.5, 0.6) is 5.88 Å². The summed E-state index contributed by atoms with van der Waals surface area (Å²) in [5.41, 5.74) is 0. The minimum absolute atomic E-state index is 0.0546. The van der Waals surface area contributed by atoms with Crippen molar-refractivity contribution in [3.63, 3.8) is 0 Å². The van der Waals surface area contributed by atoms with Crippen molar-refractivity contribution >= 4 is 5.91 Å². The van der Waals surface area contributed by atoms with Crippen molar-refractivity contribution in [3.8, 4) is 5.88 Å². The Morgan fingerprint density at radius 3 is 2.83 bits per heavy atom. The number of aliphatic hydroxyl groups excluding tert-OH is 1. The van der Waals surface area contributed by atoms with E-state index in [2.05, 4.69) is 9.68 Å². The van der Waals surface area contributed by atoms with Gasteiger partial charge >= 0.3 is 6.18 Å². The number of carbonyl (C=O) groups is 1.